The molecule has 0 radical (unpaired) electrons. The van der Waals surface area contributed by atoms with Crippen LogP contribution in [0, 0.1) is 5.92 Å². The topological polar surface area (TPSA) is 71.8 Å². The summed E-state index contributed by atoms with van der Waals surface area (Å²) in [4.78, 5) is 26.2. The second-order valence-corrected chi connectivity index (χ2v) is 8.20. The molecule has 0 bridgehead atoms. The van der Waals surface area contributed by atoms with E-state index in [1.165, 1.54) is 0 Å². The second kappa shape index (κ2) is 8.39. The van der Waals surface area contributed by atoms with Gasteiger partial charge >= 0.3 is 0 Å². The minimum Gasteiger partial charge on any atom is -0.493 e. The first-order chi connectivity index (χ1) is 13.6. The molecule has 1 aromatic heterocycles. The van der Waals surface area contributed by atoms with E-state index in [1.807, 2.05) is 17.0 Å². The van der Waals surface area contributed by atoms with Crippen molar-refractivity contribution in [3.8, 4) is 5.75 Å². The van der Waals surface area contributed by atoms with E-state index < -0.39 is 0 Å². The van der Waals surface area contributed by atoms with Crippen LogP contribution in [0.2, 0.25) is 0 Å². The number of halogens is 1. The summed E-state index contributed by atoms with van der Waals surface area (Å²) in [6.45, 7) is 2.01. The van der Waals surface area contributed by atoms with Crippen LogP contribution in [0.4, 0.5) is 0 Å². The van der Waals surface area contributed by atoms with Gasteiger partial charge in [-0.1, -0.05) is 0 Å². The average molecular weight is 447 g/mol. The zero-order valence-corrected chi connectivity index (χ0v) is 17.1. The number of hydrogen-bond donors (Lipinski definition) is 1. The number of piperidine rings is 1. The number of carbonyl (C=O) groups is 2. The number of benzene rings is 1. The van der Waals surface area contributed by atoms with E-state index in [9.17, 15) is 9.59 Å². The fraction of sp³-hybridized carbons (Fsp3) is 0.429. The number of amides is 2. The van der Waals surface area contributed by atoms with Crippen LogP contribution in [0.25, 0.3) is 0 Å². The Bertz CT molecular complexity index is 836. The van der Waals surface area contributed by atoms with Crippen molar-refractivity contribution in [2.24, 2.45) is 5.92 Å². The molecule has 1 aromatic carbocycles. The van der Waals surface area contributed by atoms with Gasteiger partial charge < -0.3 is 19.4 Å². The monoisotopic (exact) mass is 446 g/mol. The van der Waals surface area contributed by atoms with Crippen molar-refractivity contribution in [2.45, 2.75) is 31.7 Å². The molecular weight excluding hydrogens is 424 g/mol. The fourth-order valence-electron chi connectivity index (χ4n) is 3.30. The van der Waals surface area contributed by atoms with Gasteiger partial charge in [0.1, 0.15) is 5.75 Å². The second-order valence-electron chi connectivity index (χ2n) is 7.42. The van der Waals surface area contributed by atoms with Crippen LogP contribution in [-0.2, 0) is 0 Å². The Morgan fingerprint density at radius 3 is 2.39 bits per heavy atom. The van der Waals surface area contributed by atoms with Crippen LogP contribution in [0.5, 0.6) is 5.75 Å². The van der Waals surface area contributed by atoms with E-state index in [0.717, 1.165) is 31.4 Å². The molecule has 148 valence electrons. The van der Waals surface area contributed by atoms with Gasteiger partial charge in [-0.05, 0) is 83.9 Å². The van der Waals surface area contributed by atoms with E-state index in [-0.39, 0.29) is 11.8 Å². The van der Waals surface area contributed by atoms with Gasteiger partial charge in [0.2, 0.25) is 0 Å². The first kappa shape index (κ1) is 19.1. The van der Waals surface area contributed by atoms with Crippen LogP contribution in [0.1, 0.15) is 46.6 Å². The number of furan rings is 1. The van der Waals surface area contributed by atoms with Crippen LogP contribution in [0.3, 0.4) is 0 Å². The van der Waals surface area contributed by atoms with Crippen LogP contribution >= 0.6 is 15.9 Å². The number of carbonyl (C=O) groups excluding carboxylic acids is 2. The molecule has 2 heterocycles. The van der Waals surface area contributed by atoms with E-state index in [2.05, 4.69) is 21.2 Å². The van der Waals surface area contributed by atoms with Gasteiger partial charge in [-0.3, -0.25) is 9.59 Å². The van der Waals surface area contributed by atoms with Gasteiger partial charge in [0.15, 0.2) is 10.4 Å². The number of likely N-dealkylation sites (tertiary alicyclic amines) is 1. The fourth-order valence-corrected chi connectivity index (χ4v) is 3.61. The Hall–Kier alpha value is -2.28. The maximum atomic E-state index is 12.4. The summed E-state index contributed by atoms with van der Waals surface area (Å²) in [6, 6.07) is 11.1. The molecule has 0 atom stereocenters. The van der Waals surface area contributed by atoms with E-state index >= 15 is 0 Å². The third kappa shape index (κ3) is 4.76. The number of nitrogens with zero attached hydrogens (tertiary/aromatic N) is 1. The summed E-state index contributed by atoms with van der Waals surface area (Å²) in [5.74, 6) is 1.46. The zero-order valence-electron chi connectivity index (χ0n) is 15.5. The molecular formula is C21H23BrN2O4. The zero-order chi connectivity index (χ0) is 19.5. The summed E-state index contributed by atoms with van der Waals surface area (Å²) in [7, 11) is 0. The van der Waals surface area contributed by atoms with Crippen molar-refractivity contribution in [2.75, 3.05) is 19.7 Å². The summed E-state index contributed by atoms with van der Waals surface area (Å²) >= 11 is 3.23. The van der Waals surface area contributed by atoms with Gasteiger partial charge in [0.25, 0.3) is 11.8 Å². The van der Waals surface area contributed by atoms with E-state index in [4.69, 9.17) is 9.15 Å². The molecule has 0 unspecified atom stereocenters. The summed E-state index contributed by atoms with van der Waals surface area (Å²) in [5.41, 5.74) is 0.663. The smallest absolute Gasteiger partial charge is 0.289 e. The molecule has 2 fully saturated rings. The van der Waals surface area contributed by atoms with E-state index in [0.29, 0.717) is 47.6 Å². The normalized spacial score (nSPS) is 17.4. The third-order valence-corrected chi connectivity index (χ3v) is 5.63. The molecule has 2 aromatic rings. The summed E-state index contributed by atoms with van der Waals surface area (Å²) in [5, 5.41) is 2.98. The van der Waals surface area contributed by atoms with Crippen molar-refractivity contribution in [3.05, 3.63) is 52.4 Å². The standard InChI is InChI=1S/C21H23BrN2O4/c22-19-8-7-18(28-19)21(26)24-11-9-14(10-12-24)13-27-17-5-1-15(2-6-17)20(25)23-16-3-4-16/h1-2,5-8,14,16H,3-4,9-13H2,(H,23,25). The molecule has 1 saturated carbocycles. The summed E-state index contributed by atoms with van der Waals surface area (Å²) < 4.78 is 11.8. The lowest BCUT2D eigenvalue weighted by Gasteiger charge is -2.31. The number of rotatable bonds is 6. The summed E-state index contributed by atoms with van der Waals surface area (Å²) in [6.07, 6.45) is 3.96. The van der Waals surface area contributed by atoms with Crippen molar-refractivity contribution >= 4 is 27.7 Å². The minimum atomic E-state index is -0.0647. The molecule has 1 aliphatic carbocycles. The highest BCUT2D eigenvalue weighted by atomic mass is 79.9. The lowest BCUT2D eigenvalue weighted by molar-refractivity contribution is 0.0628. The Balaban J connectivity index is 1.22. The largest absolute Gasteiger partial charge is 0.493 e. The molecule has 1 saturated heterocycles. The van der Waals surface area contributed by atoms with Gasteiger partial charge in [-0.2, -0.15) is 0 Å². The SMILES string of the molecule is O=C(NC1CC1)c1ccc(OCC2CCN(C(=O)c3ccc(Br)o3)CC2)cc1. The molecule has 28 heavy (non-hydrogen) atoms. The van der Waals surface area contributed by atoms with E-state index in [1.54, 1.807) is 24.3 Å². The van der Waals surface area contributed by atoms with Crippen molar-refractivity contribution in [3.63, 3.8) is 0 Å². The third-order valence-electron chi connectivity index (χ3n) is 5.20. The van der Waals surface area contributed by atoms with Gasteiger partial charge in [0.05, 0.1) is 6.61 Å². The Morgan fingerprint density at radius 1 is 1.07 bits per heavy atom. The van der Waals surface area contributed by atoms with Gasteiger partial charge in [-0.15, -0.1) is 0 Å². The highest BCUT2D eigenvalue weighted by Gasteiger charge is 2.26. The quantitative estimate of drug-likeness (QED) is 0.730. The van der Waals surface area contributed by atoms with Gasteiger partial charge in [0, 0.05) is 24.7 Å². The molecule has 7 heteroatoms. The van der Waals surface area contributed by atoms with Crippen molar-refractivity contribution in [1.29, 1.82) is 0 Å². The molecule has 1 aliphatic heterocycles. The van der Waals surface area contributed by atoms with Crippen LogP contribution < -0.4 is 10.1 Å². The molecule has 0 spiro atoms. The Labute approximate surface area is 172 Å². The lowest BCUT2D eigenvalue weighted by Crippen LogP contribution is -2.39. The van der Waals surface area contributed by atoms with Crippen molar-refractivity contribution in [1.82, 2.24) is 10.2 Å². The predicted molar refractivity (Wildman–Crippen MR) is 107 cm³/mol. The van der Waals surface area contributed by atoms with Gasteiger partial charge in [-0.25, -0.2) is 0 Å². The first-order valence-electron chi connectivity index (χ1n) is 9.67. The predicted octanol–water partition coefficient (Wildman–Crippen LogP) is 3.87. The van der Waals surface area contributed by atoms with Crippen LogP contribution in [-0.4, -0.2) is 42.5 Å². The highest BCUT2D eigenvalue weighted by molar-refractivity contribution is 9.10. The highest BCUT2D eigenvalue weighted by Crippen LogP contribution is 2.23. The number of ether oxygens (including phenoxy) is 1. The molecule has 1 N–H and O–H groups in total. The number of nitrogens with one attached hydrogen (secondary N) is 1. The molecule has 6 nitrogen and oxygen atoms in total. The maximum absolute atomic E-state index is 12.4. The first-order valence-corrected chi connectivity index (χ1v) is 10.5. The molecule has 2 amide bonds. The van der Waals surface area contributed by atoms with Crippen molar-refractivity contribution < 1.29 is 18.7 Å². The molecule has 4 rings (SSSR count). The molecule has 2 aliphatic rings. The minimum absolute atomic E-state index is 0.0188. The number of hydrogen-bond acceptors (Lipinski definition) is 4. The average Bonchev–Trinajstić information content (AvgIpc) is 3.43. The van der Waals surface area contributed by atoms with Crippen LogP contribution in [0.15, 0.2) is 45.5 Å². The lowest BCUT2D eigenvalue weighted by atomic mass is 9.97. The maximum Gasteiger partial charge on any atom is 0.289 e. The Morgan fingerprint density at radius 2 is 1.79 bits per heavy atom. The Kier molecular flexibility index (Phi) is 5.71.